The fraction of sp³-hybridized carbons (Fsp3) is 0. The monoisotopic (exact) mass is 536 g/mol. The second kappa shape index (κ2) is 10.8. The summed E-state index contributed by atoms with van der Waals surface area (Å²) in [5.74, 6) is 0. The number of hydrogen-bond acceptors (Lipinski definition) is 0. The lowest BCUT2D eigenvalue weighted by Crippen LogP contribution is -2.50. The lowest BCUT2D eigenvalue weighted by atomic mass is 9.59. The lowest BCUT2D eigenvalue weighted by molar-refractivity contribution is 1.63. The van der Waals surface area contributed by atoms with Gasteiger partial charge in [-0.1, -0.05) is 113 Å². The first-order valence-electron chi connectivity index (χ1n) is 14.1. The van der Waals surface area contributed by atoms with Gasteiger partial charge < -0.3 is 0 Å². The van der Waals surface area contributed by atoms with Crippen molar-refractivity contribution in [2.24, 2.45) is 0 Å². The topological polar surface area (TPSA) is 0 Å². The number of benzene rings is 7. The first-order chi connectivity index (χ1) is 21.2. The van der Waals surface area contributed by atoms with Gasteiger partial charge in [-0.3, -0.25) is 0 Å². The maximum atomic E-state index is 6.81. The molecule has 0 bridgehead atoms. The highest BCUT2D eigenvalue weighted by Crippen LogP contribution is 2.41. The number of rotatable bonds is 3. The van der Waals surface area contributed by atoms with Crippen LogP contribution in [0.3, 0.4) is 0 Å². The summed E-state index contributed by atoms with van der Waals surface area (Å²) in [6.45, 7) is 0. The molecule has 0 aromatic heterocycles. The van der Waals surface area contributed by atoms with Crippen molar-refractivity contribution in [3.05, 3.63) is 97.1 Å². The number of hydrogen-bond donors (Lipinski definition) is 0. The molecule has 0 aliphatic carbocycles. The molecule has 7 aromatic rings. The van der Waals surface area contributed by atoms with Crippen LogP contribution >= 0.6 is 0 Å². The second-order valence-corrected chi connectivity index (χ2v) is 11.1. The van der Waals surface area contributed by atoms with E-state index in [9.17, 15) is 0 Å². The van der Waals surface area contributed by atoms with Crippen molar-refractivity contribution in [1.29, 1.82) is 0 Å². The molecule has 8 heteroatoms. The molecule has 0 unspecified atom stereocenters. The summed E-state index contributed by atoms with van der Waals surface area (Å²) in [7, 11) is 53.0. The van der Waals surface area contributed by atoms with E-state index < -0.39 is 0 Å². The van der Waals surface area contributed by atoms with Gasteiger partial charge in [0.1, 0.15) is 62.8 Å². The molecule has 0 N–H and O–H groups in total. The lowest BCUT2D eigenvalue weighted by Gasteiger charge is -2.28. The molecule has 0 fully saturated rings. The van der Waals surface area contributed by atoms with Gasteiger partial charge >= 0.3 is 0 Å². The molecule has 0 saturated heterocycles. The molecule has 0 amide bonds. The zero-order valence-electron chi connectivity index (χ0n) is 23.9. The Kier molecular flexibility index (Phi) is 7.00. The van der Waals surface area contributed by atoms with E-state index in [4.69, 9.17) is 62.8 Å². The molecular formula is C36H16B8. The largest absolute Gasteiger partial charge is 0.113 e. The van der Waals surface area contributed by atoms with Gasteiger partial charge in [0, 0.05) is 0 Å². The Labute approximate surface area is 268 Å². The third-order valence-corrected chi connectivity index (χ3v) is 8.64. The number of fused-ring (bicyclic) bond motifs is 3. The maximum absolute atomic E-state index is 6.81. The van der Waals surface area contributed by atoms with Crippen LogP contribution in [0.5, 0.6) is 0 Å². The van der Waals surface area contributed by atoms with Crippen molar-refractivity contribution in [1.82, 2.24) is 0 Å². The molecule has 184 valence electrons. The fourth-order valence-electron chi connectivity index (χ4n) is 6.33. The van der Waals surface area contributed by atoms with E-state index >= 15 is 0 Å². The summed E-state index contributed by atoms with van der Waals surface area (Å²) in [4.78, 5) is 0. The molecule has 0 saturated carbocycles. The van der Waals surface area contributed by atoms with Gasteiger partial charge in [0.15, 0.2) is 0 Å². The van der Waals surface area contributed by atoms with Gasteiger partial charge in [0.05, 0.1) is 0 Å². The third kappa shape index (κ3) is 4.26. The summed E-state index contributed by atoms with van der Waals surface area (Å²) in [6.07, 6.45) is 0. The predicted octanol–water partition coefficient (Wildman–Crippen LogP) is 0.498. The molecule has 44 heavy (non-hydrogen) atoms. The minimum absolute atomic E-state index is 0.192. The highest BCUT2D eigenvalue weighted by atomic mass is 14.2. The van der Waals surface area contributed by atoms with E-state index in [2.05, 4.69) is 42.5 Å². The van der Waals surface area contributed by atoms with Crippen molar-refractivity contribution in [2.45, 2.75) is 0 Å². The van der Waals surface area contributed by atoms with Gasteiger partial charge in [-0.25, -0.2) is 0 Å². The Bertz CT molecular complexity index is 2210. The highest BCUT2D eigenvalue weighted by molar-refractivity contribution is 6.71. The molecule has 0 aliphatic heterocycles. The third-order valence-electron chi connectivity index (χ3n) is 8.64. The van der Waals surface area contributed by atoms with Crippen molar-refractivity contribution in [3.63, 3.8) is 0 Å². The molecule has 0 nitrogen and oxygen atoms in total. The highest BCUT2D eigenvalue weighted by Gasteiger charge is 2.24. The minimum atomic E-state index is 0.192. The smallest absolute Gasteiger partial charge is 0.110 e. The summed E-state index contributed by atoms with van der Waals surface area (Å²) < 4.78 is 0. The summed E-state index contributed by atoms with van der Waals surface area (Å²) in [5, 5.41) is 4.77. The summed E-state index contributed by atoms with van der Waals surface area (Å²) in [5.41, 5.74) is 7.07. The minimum Gasteiger partial charge on any atom is -0.110 e. The van der Waals surface area contributed by atoms with Gasteiger partial charge in [0.2, 0.25) is 0 Å². The van der Waals surface area contributed by atoms with Gasteiger partial charge in [-0.05, 0) is 71.8 Å². The van der Waals surface area contributed by atoms with Crippen LogP contribution in [0.1, 0.15) is 0 Å². The van der Waals surface area contributed by atoms with Crippen LogP contribution in [0.15, 0.2) is 97.1 Å². The van der Waals surface area contributed by atoms with Crippen molar-refractivity contribution in [3.8, 4) is 33.4 Å². The summed E-state index contributed by atoms with van der Waals surface area (Å²) in [6, 6.07) is 32.5. The van der Waals surface area contributed by atoms with Crippen LogP contribution in [-0.2, 0) is 0 Å². The van der Waals surface area contributed by atoms with Gasteiger partial charge in [-0.2, -0.15) is 0 Å². The van der Waals surface area contributed by atoms with Crippen molar-refractivity contribution >= 4 is 139 Å². The fourth-order valence-corrected chi connectivity index (χ4v) is 6.33. The quantitative estimate of drug-likeness (QED) is 0.229. The Morgan fingerprint density at radius 1 is 0.273 bits per heavy atom. The van der Waals surface area contributed by atoms with Crippen LogP contribution in [0.25, 0.3) is 65.7 Å². The zero-order valence-corrected chi connectivity index (χ0v) is 23.9. The summed E-state index contributed by atoms with van der Waals surface area (Å²) >= 11 is 0. The molecule has 0 atom stereocenters. The van der Waals surface area contributed by atoms with Gasteiger partial charge in [-0.15, -0.1) is 21.9 Å². The second-order valence-electron chi connectivity index (χ2n) is 11.1. The zero-order chi connectivity index (χ0) is 30.9. The Balaban J connectivity index is 1.63. The average Bonchev–Trinajstić information content (AvgIpc) is 3.06. The Morgan fingerprint density at radius 3 is 1.11 bits per heavy atom. The standard InChI is InChI=1S/C36H16B8/c37-29-25-23(19-7-2-1-3-8-19)26-28(32(40)36(44)34(42)30(26)38)24(27(25)31(39)35(43)33(29)41)20-13-10-18(11-14-20)22-15-12-17-6-4-5-9-21(17)16-22/h1-16H. The Hall–Kier alpha value is -4.16. The molecule has 7 aromatic carbocycles. The van der Waals surface area contributed by atoms with Crippen molar-refractivity contribution in [2.75, 3.05) is 0 Å². The van der Waals surface area contributed by atoms with Crippen LogP contribution in [0.4, 0.5) is 0 Å². The first-order valence-corrected chi connectivity index (χ1v) is 14.1. The molecule has 7 rings (SSSR count). The predicted molar refractivity (Wildman–Crippen MR) is 198 cm³/mol. The molecular weight excluding hydrogens is 519 g/mol. The molecule has 0 heterocycles. The van der Waals surface area contributed by atoms with Crippen LogP contribution < -0.4 is 43.7 Å². The maximum Gasteiger partial charge on any atom is 0.113 e. The molecule has 0 aliphatic rings. The van der Waals surface area contributed by atoms with E-state index in [0.717, 1.165) is 27.6 Å². The van der Waals surface area contributed by atoms with E-state index in [-0.39, 0.29) is 43.7 Å². The van der Waals surface area contributed by atoms with Crippen LogP contribution in [-0.4, -0.2) is 62.8 Å². The van der Waals surface area contributed by atoms with Gasteiger partial charge in [0.25, 0.3) is 0 Å². The normalized spacial score (nSPS) is 11.5. The van der Waals surface area contributed by atoms with Crippen LogP contribution in [0.2, 0.25) is 0 Å². The molecule has 16 radical (unpaired) electrons. The van der Waals surface area contributed by atoms with E-state index in [1.807, 2.05) is 54.6 Å². The van der Waals surface area contributed by atoms with Crippen molar-refractivity contribution < 1.29 is 0 Å². The molecule has 0 spiro atoms. The van der Waals surface area contributed by atoms with E-state index in [0.29, 0.717) is 32.7 Å². The Morgan fingerprint density at radius 2 is 0.636 bits per heavy atom. The SMILES string of the molecule is [B]c1c([B])c([B])c2c(-c3ccc(-c4ccc5ccccc5c4)cc3)c3c([B])c([B])c([B])c([B])c3c(-c3ccccc3)c2c1[B]. The van der Waals surface area contributed by atoms with Crippen LogP contribution in [0, 0.1) is 0 Å². The van der Waals surface area contributed by atoms with E-state index in [1.165, 1.54) is 5.39 Å². The average molecular weight is 535 g/mol. The first kappa shape index (κ1) is 28.6. The van der Waals surface area contributed by atoms with E-state index in [1.54, 1.807) is 0 Å².